The summed E-state index contributed by atoms with van der Waals surface area (Å²) in [5.41, 5.74) is 13.5. The van der Waals surface area contributed by atoms with Gasteiger partial charge in [0.15, 0.2) is 0 Å². The number of amides is 1. The molecule has 0 aliphatic heterocycles. The Kier molecular flexibility index (Phi) is 4.68. The van der Waals surface area contributed by atoms with Crippen LogP contribution < -0.4 is 5.73 Å². The molecule has 0 unspecified atom stereocenters. The van der Waals surface area contributed by atoms with E-state index in [1.807, 2.05) is 12.1 Å². The fourth-order valence-corrected chi connectivity index (χ4v) is 4.06. The van der Waals surface area contributed by atoms with Gasteiger partial charge in [0.2, 0.25) is 5.91 Å². The molecule has 0 bridgehead atoms. The third-order valence-corrected chi connectivity index (χ3v) is 5.70. The number of hydrogen-bond donors (Lipinski definition) is 1. The van der Waals surface area contributed by atoms with Gasteiger partial charge in [-0.25, -0.2) is 0 Å². The van der Waals surface area contributed by atoms with Crippen molar-refractivity contribution in [2.45, 2.75) is 40.2 Å². The minimum atomic E-state index is -0.401. The number of aryl methyl sites for hydroxylation is 2. The van der Waals surface area contributed by atoms with Crippen molar-refractivity contribution >= 4 is 27.7 Å². The Bertz CT molecular complexity index is 1200. The Morgan fingerprint density at radius 2 is 1.89 bits per heavy atom. The lowest BCUT2D eigenvalue weighted by atomic mass is 10.0. The number of carbonyl (C=O) groups excluding carboxylic acids is 1. The Balaban J connectivity index is 2.04. The Morgan fingerprint density at radius 1 is 1.11 bits per heavy atom. The molecule has 4 rings (SSSR count). The van der Waals surface area contributed by atoms with E-state index >= 15 is 0 Å². The number of aromatic nitrogens is 1. The van der Waals surface area contributed by atoms with Crippen LogP contribution in [0.1, 0.15) is 46.0 Å². The second-order valence-electron chi connectivity index (χ2n) is 7.53. The molecule has 1 aromatic heterocycles. The largest absolute Gasteiger partial charge is 0.366 e. The zero-order valence-corrected chi connectivity index (χ0v) is 16.7. The smallest absolute Gasteiger partial charge is 0.249 e. The molecule has 0 saturated carbocycles. The summed E-state index contributed by atoms with van der Waals surface area (Å²) in [6.07, 6.45) is 2.10. The Hall–Kier alpha value is -3.07. The molecular formula is C25H25N2O. The predicted molar refractivity (Wildman–Crippen MR) is 116 cm³/mol. The molecule has 141 valence electrons. The van der Waals surface area contributed by atoms with Crippen molar-refractivity contribution in [1.82, 2.24) is 4.57 Å². The molecule has 3 nitrogen and oxygen atoms in total. The normalized spacial score (nSPS) is 11.4. The summed E-state index contributed by atoms with van der Waals surface area (Å²) in [4.78, 5) is 12.1. The van der Waals surface area contributed by atoms with Gasteiger partial charge in [0.1, 0.15) is 0 Å². The van der Waals surface area contributed by atoms with E-state index < -0.39 is 5.91 Å². The van der Waals surface area contributed by atoms with Crippen molar-refractivity contribution in [2.75, 3.05) is 0 Å². The zero-order chi connectivity index (χ0) is 19.8. The summed E-state index contributed by atoms with van der Waals surface area (Å²) < 4.78 is 2.30. The van der Waals surface area contributed by atoms with Crippen LogP contribution in [-0.2, 0) is 13.0 Å². The summed E-state index contributed by atoms with van der Waals surface area (Å²) in [6.45, 7) is 7.24. The molecular weight excluding hydrogens is 344 g/mol. The molecule has 0 aliphatic carbocycles. The summed E-state index contributed by atoms with van der Waals surface area (Å²) in [5.74, 6) is -0.401. The molecule has 0 aliphatic rings. The van der Waals surface area contributed by atoms with Crippen molar-refractivity contribution in [3.05, 3.63) is 82.4 Å². The van der Waals surface area contributed by atoms with E-state index in [0.717, 1.165) is 41.2 Å². The van der Waals surface area contributed by atoms with Gasteiger partial charge in [-0.1, -0.05) is 43.7 Å². The third kappa shape index (κ3) is 2.97. The van der Waals surface area contributed by atoms with Crippen LogP contribution in [0.3, 0.4) is 0 Å². The first-order valence-electron chi connectivity index (χ1n) is 9.81. The molecule has 1 amide bonds. The number of benzene rings is 3. The second-order valence-corrected chi connectivity index (χ2v) is 7.53. The lowest BCUT2D eigenvalue weighted by Crippen LogP contribution is -2.11. The van der Waals surface area contributed by atoms with Gasteiger partial charge >= 0.3 is 0 Å². The maximum Gasteiger partial charge on any atom is 0.249 e. The average Bonchev–Trinajstić information content (AvgIpc) is 2.99. The van der Waals surface area contributed by atoms with E-state index in [1.165, 1.54) is 22.3 Å². The highest BCUT2D eigenvalue weighted by atomic mass is 16.1. The van der Waals surface area contributed by atoms with Gasteiger partial charge < -0.3 is 10.3 Å². The lowest BCUT2D eigenvalue weighted by molar-refractivity contribution is 0.100. The molecule has 3 aromatic carbocycles. The zero-order valence-electron chi connectivity index (χ0n) is 16.7. The first-order valence-corrected chi connectivity index (χ1v) is 9.81. The topological polar surface area (TPSA) is 48.0 Å². The van der Waals surface area contributed by atoms with Crippen LogP contribution in [0.25, 0.3) is 21.8 Å². The van der Waals surface area contributed by atoms with E-state index in [2.05, 4.69) is 61.7 Å². The number of nitrogens with two attached hydrogens (primary N) is 1. The van der Waals surface area contributed by atoms with Gasteiger partial charge in [-0.05, 0) is 66.8 Å². The molecule has 1 heterocycles. The summed E-state index contributed by atoms with van der Waals surface area (Å²) >= 11 is 0. The van der Waals surface area contributed by atoms with E-state index in [9.17, 15) is 4.79 Å². The van der Waals surface area contributed by atoms with E-state index in [0.29, 0.717) is 5.56 Å². The first-order chi connectivity index (χ1) is 13.5. The molecule has 3 heteroatoms. The lowest BCUT2D eigenvalue weighted by Gasteiger charge is -2.12. The van der Waals surface area contributed by atoms with Gasteiger partial charge in [-0.15, -0.1) is 0 Å². The fraction of sp³-hybridized carbons (Fsp3) is 0.240. The maximum atomic E-state index is 12.1. The van der Waals surface area contributed by atoms with Crippen LogP contribution in [0.5, 0.6) is 0 Å². The Morgan fingerprint density at radius 3 is 2.64 bits per heavy atom. The minimum Gasteiger partial charge on any atom is -0.366 e. The van der Waals surface area contributed by atoms with E-state index in [1.54, 1.807) is 6.07 Å². The van der Waals surface area contributed by atoms with Crippen LogP contribution in [0.4, 0.5) is 0 Å². The van der Waals surface area contributed by atoms with E-state index in [-0.39, 0.29) is 0 Å². The molecule has 4 aromatic rings. The van der Waals surface area contributed by atoms with Gasteiger partial charge in [-0.3, -0.25) is 4.79 Å². The van der Waals surface area contributed by atoms with Crippen molar-refractivity contribution in [1.29, 1.82) is 0 Å². The number of rotatable bonds is 5. The number of primary amides is 1. The highest BCUT2D eigenvalue weighted by Crippen LogP contribution is 2.33. The van der Waals surface area contributed by atoms with Crippen molar-refractivity contribution in [3.63, 3.8) is 0 Å². The van der Waals surface area contributed by atoms with Gasteiger partial charge in [-0.2, -0.15) is 0 Å². The summed E-state index contributed by atoms with van der Waals surface area (Å²) in [6, 6.07) is 19.9. The van der Waals surface area contributed by atoms with Crippen LogP contribution in [0.15, 0.2) is 48.5 Å². The fourth-order valence-electron chi connectivity index (χ4n) is 4.06. The first kappa shape index (κ1) is 18.3. The molecule has 0 saturated heterocycles. The van der Waals surface area contributed by atoms with Crippen LogP contribution in [0.2, 0.25) is 0 Å². The monoisotopic (exact) mass is 369 g/mol. The predicted octanol–water partition coefficient (Wildman–Crippen LogP) is 5.31. The molecule has 28 heavy (non-hydrogen) atoms. The van der Waals surface area contributed by atoms with Crippen LogP contribution >= 0.6 is 0 Å². The van der Waals surface area contributed by atoms with Crippen molar-refractivity contribution < 1.29 is 4.79 Å². The average molecular weight is 369 g/mol. The number of carbonyl (C=O) groups is 1. The highest BCUT2D eigenvalue weighted by Gasteiger charge is 2.17. The standard InChI is InChI=1S/C25H25N2O/c1-4-7-18-12-13-20-23(14-18)27(15-19-9-5-8-16(2)17(19)3)22-11-6-10-21(24(20)22)25(26)28/h5-6,8-12,14H,4,7,15H2,1-3H3,(H2,26,28). The summed E-state index contributed by atoms with van der Waals surface area (Å²) in [5, 5.41) is 1.87. The van der Waals surface area contributed by atoms with E-state index in [4.69, 9.17) is 5.73 Å². The van der Waals surface area contributed by atoms with Crippen LogP contribution in [0, 0.1) is 19.9 Å². The summed E-state index contributed by atoms with van der Waals surface area (Å²) in [7, 11) is 0. The van der Waals surface area contributed by atoms with Gasteiger partial charge in [0, 0.05) is 22.9 Å². The number of fused-ring (bicyclic) bond motifs is 3. The molecule has 0 atom stereocenters. The maximum absolute atomic E-state index is 12.1. The van der Waals surface area contributed by atoms with Crippen LogP contribution in [-0.4, -0.2) is 10.5 Å². The Labute approximate surface area is 165 Å². The van der Waals surface area contributed by atoms with Gasteiger partial charge in [0.05, 0.1) is 11.0 Å². The molecule has 0 fully saturated rings. The minimum absolute atomic E-state index is 0.401. The SMILES string of the molecule is CCCc1c[c]c2c3c(C(N)=O)cccc3n(Cc3cccc(C)c3C)c2c1. The molecule has 2 N–H and O–H groups in total. The molecule has 1 radical (unpaired) electrons. The second kappa shape index (κ2) is 7.16. The van der Waals surface area contributed by atoms with Gasteiger partial charge in [0.25, 0.3) is 0 Å². The van der Waals surface area contributed by atoms with Crippen molar-refractivity contribution in [2.24, 2.45) is 5.73 Å². The third-order valence-electron chi connectivity index (χ3n) is 5.70. The quantitative estimate of drug-likeness (QED) is 0.509. The number of hydrogen-bond acceptors (Lipinski definition) is 1. The molecule has 0 spiro atoms. The highest BCUT2D eigenvalue weighted by molar-refractivity contribution is 6.17. The number of nitrogens with zero attached hydrogens (tertiary/aromatic N) is 1. The van der Waals surface area contributed by atoms with Crippen molar-refractivity contribution in [3.8, 4) is 0 Å².